The first-order valence-electron chi connectivity index (χ1n) is 8.28. The van der Waals surface area contributed by atoms with Crippen LogP contribution in [0.2, 0.25) is 0 Å². The lowest BCUT2D eigenvalue weighted by Crippen LogP contribution is -2.62. The monoisotopic (exact) mass is 338 g/mol. The highest BCUT2D eigenvalue weighted by Crippen LogP contribution is 2.28. The molecule has 1 unspecified atom stereocenters. The first kappa shape index (κ1) is 18.2. The molecule has 1 atom stereocenters. The predicted octanol–water partition coefficient (Wildman–Crippen LogP) is 3.20. The molecule has 1 aromatic heterocycles. The number of urea groups is 1. The number of likely N-dealkylation sites (N-methyl/N-ethyl adjacent to an activating group) is 1. The van der Waals surface area contributed by atoms with E-state index in [2.05, 4.69) is 50.2 Å². The number of carbonyl (C=O) groups is 1. The first-order chi connectivity index (χ1) is 10.6. The van der Waals surface area contributed by atoms with E-state index in [4.69, 9.17) is 0 Å². The van der Waals surface area contributed by atoms with Gasteiger partial charge in [-0.3, -0.25) is 0 Å². The Morgan fingerprint density at radius 2 is 2.04 bits per heavy atom. The summed E-state index contributed by atoms with van der Waals surface area (Å²) in [6, 6.07) is 0.207. The van der Waals surface area contributed by atoms with Gasteiger partial charge in [0.15, 0.2) is 0 Å². The van der Waals surface area contributed by atoms with Crippen LogP contribution in [0.15, 0.2) is 11.6 Å². The summed E-state index contributed by atoms with van der Waals surface area (Å²) in [4.78, 5) is 18.6. The van der Waals surface area contributed by atoms with Crippen molar-refractivity contribution < 1.29 is 4.79 Å². The normalized spacial score (nSPS) is 21.7. The van der Waals surface area contributed by atoms with Gasteiger partial charge in [-0.1, -0.05) is 6.92 Å². The summed E-state index contributed by atoms with van der Waals surface area (Å²) < 4.78 is 0. The second kappa shape index (κ2) is 6.77. The molecular weight excluding hydrogens is 308 g/mol. The van der Waals surface area contributed by atoms with Crippen LogP contribution in [0.3, 0.4) is 0 Å². The molecule has 6 heteroatoms. The van der Waals surface area contributed by atoms with Crippen LogP contribution in [0.5, 0.6) is 0 Å². The van der Waals surface area contributed by atoms with E-state index < -0.39 is 0 Å². The van der Waals surface area contributed by atoms with Gasteiger partial charge in [-0.25, -0.2) is 9.78 Å². The van der Waals surface area contributed by atoms with Gasteiger partial charge in [0.25, 0.3) is 0 Å². The third-order valence-corrected chi connectivity index (χ3v) is 5.29. The summed E-state index contributed by atoms with van der Waals surface area (Å²) >= 11 is 1.64. The summed E-state index contributed by atoms with van der Waals surface area (Å²) in [6.07, 6.45) is 3.70. The van der Waals surface area contributed by atoms with Crippen LogP contribution in [0.4, 0.5) is 4.79 Å². The smallest absolute Gasteiger partial charge is 0.317 e. The van der Waals surface area contributed by atoms with Crippen molar-refractivity contribution in [3.8, 4) is 0 Å². The lowest BCUT2D eigenvalue weighted by molar-refractivity contribution is 0.140. The van der Waals surface area contributed by atoms with Crippen molar-refractivity contribution in [2.24, 2.45) is 0 Å². The lowest BCUT2D eigenvalue weighted by Gasteiger charge is -2.46. The number of amides is 2. The van der Waals surface area contributed by atoms with Crippen molar-refractivity contribution in [3.63, 3.8) is 0 Å². The molecule has 1 aromatic rings. The minimum absolute atomic E-state index is 0.00639. The van der Waals surface area contributed by atoms with Crippen LogP contribution in [-0.2, 0) is 0 Å². The van der Waals surface area contributed by atoms with E-state index in [1.54, 1.807) is 16.2 Å². The minimum Gasteiger partial charge on any atom is -0.335 e. The highest BCUT2D eigenvalue weighted by Gasteiger charge is 2.38. The summed E-state index contributed by atoms with van der Waals surface area (Å²) in [6.45, 7) is 11.6. The van der Waals surface area contributed by atoms with Crippen LogP contribution < -0.4 is 10.6 Å². The predicted molar refractivity (Wildman–Crippen MR) is 96.0 cm³/mol. The number of hydrogen-bond donors (Lipinski definition) is 2. The first-order valence-corrected chi connectivity index (χ1v) is 9.16. The van der Waals surface area contributed by atoms with Gasteiger partial charge in [0.2, 0.25) is 0 Å². The number of nitrogens with zero attached hydrogens (tertiary/aromatic N) is 2. The SMILES string of the molecule is CC(CN(C)C(=O)NC1CC(C)(C)NC(C)(C)C1)c1nccs1. The van der Waals surface area contributed by atoms with Crippen LogP contribution in [0.25, 0.3) is 0 Å². The zero-order valence-corrected chi connectivity index (χ0v) is 16.0. The molecule has 2 N–H and O–H groups in total. The topological polar surface area (TPSA) is 57.3 Å². The number of nitrogens with one attached hydrogen (secondary N) is 2. The molecule has 1 aliphatic heterocycles. The molecule has 0 aliphatic carbocycles. The van der Waals surface area contributed by atoms with Crippen molar-refractivity contribution in [2.45, 2.75) is 70.5 Å². The third kappa shape index (κ3) is 5.18. The quantitative estimate of drug-likeness (QED) is 0.886. The van der Waals surface area contributed by atoms with Crippen molar-refractivity contribution in [2.75, 3.05) is 13.6 Å². The van der Waals surface area contributed by atoms with Gasteiger partial charge in [0.05, 0.1) is 5.01 Å². The fraction of sp³-hybridized carbons (Fsp3) is 0.765. The van der Waals surface area contributed by atoms with Crippen molar-refractivity contribution >= 4 is 17.4 Å². The van der Waals surface area contributed by atoms with Gasteiger partial charge < -0.3 is 15.5 Å². The van der Waals surface area contributed by atoms with E-state index >= 15 is 0 Å². The van der Waals surface area contributed by atoms with E-state index in [0.717, 1.165) is 17.8 Å². The van der Waals surface area contributed by atoms with Gasteiger partial charge >= 0.3 is 6.03 Å². The molecule has 2 amide bonds. The molecule has 0 radical (unpaired) electrons. The molecule has 2 rings (SSSR count). The van der Waals surface area contributed by atoms with Crippen LogP contribution in [0.1, 0.15) is 58.4 Å². The summed E-state index contributed by atoms with van der Waals surface area (Å²) in [5.74, 6) is 0.256. The maximum atomic E-state index is 12.5. The average molecular weight is 339 g/mol. The largest absolute Gasteiger partial charge is 0.335 e. The fourth-order valence-electron chi connectivity index (χ4n) is 3.76. The van der Waals surface area contributed by atoms with Gasteiger partial charge in [0, 0.05) is 48.2 Å². The average Bonchev–Trinajstić information content (AvgIpc) is 2.88. The fourth-order valence-corrected chi connectivity index (χ4v) is 4.45. The molecule has 0 spiro atoms. The van der Waals surface area contributed by atoms with Gasteiger partial charge in [-0.05, 0) is 40.5 Å². The van der Waals surface area contributed by atoms with Crippen molar-refractivity contribution in [1.82, 2.24) is 20.5 Å². The highest BCUT2D eigenvalue weighted by molar-refractivity contribution is 7.09. The Kier molecular flexibility index (Phi) is 5.36. The Labute approximate surface area is 143 Å². The molecule has 2 heterocycles. The molecule has 23 heavy (non-hydrogen) atoms. The summed E-state index contributed by atoms with van der Waals surface area (Å²) in [5.41, 5.74) is 0.0683. The van der Waals surface area contributed by atoms with E-state index in [9.17, 15) is 4.79 Å². The number of rotatable bonds is 4. The molecule has 5 nitrogen and oxygen atoms in total. The van der Waals surface area contributed by atoms with Gasteiger partial charge in [0.1, 0.15) is 0 Å². The van der Waals surface area contributed by atoms with E-state index in [1.807, 2.05) is 18.6 Å². The second-order valence-electron chi connectivity index (χ2n) is 8.10. The minimum atomic E-state index is 0.00639. The third-order valence-electron chi connectivity index (χ3n) is 4.29. The number of piperidine rings is 1. The zero-order chi connectivity index (χ0) is 17.3. The molecule has 1 aliphatic rings. The van der Waals surface area contributed by atoms with E-state index in [1.165, 1.54) is 0 Å². The number of carbonyl (C=O) groups excluding carboxylic acids is 1. The zero-order valence-electron chi connectivity index (χ0n) is 15.1. The Hall–Kier alpha value is -1.14. The van der Waals surface area contributed by atoms with Crippen LogP contribution in [-0.4, -0.2) is 46.6 Å². The van der Waals surface area contributed by atoms with Gasteiger partial charge in [-0.15, -0.1) is 11.3 Å². The Morgan fingerprint density at radius 1 is 1.43 bits per heavy atom. The Bertz CT molecular complexity index is 511. The van der Waals surface area contributed by atoms with Gasteiger partial charge in [-0.2, -0.15) is 0 Å². The number of hydrogen-bond acceptors (Lipinski definition) is 4. The Morgan fingerprint density at radius 3 is 2.57 bits per heavy atom. The maximum absolute atomic E-state index is 12.5. The molecular formula is C17H30N4OS. The molecule has 0 saturated carbocycles. The molecule has 1 saturated heterocycles. The molecule has 0 bridgehead atoms. The van der Waals surface area contributed by atoms with E-state index in [0.29, 0.717) is 6.54 Å². The lowest BCUT2D eigenvalue weighted by atomic mass is 9.80. The van der Waals surface area contributed by atoms with Crippen molar-refractivity contribution in [3.05, 3.63) is 16.6 Å². The number of aromatic nitrogens is 1. The van der Waals surface area contributed by atoms with Crippen LogP contribution in [0, 0.1) is 0 Å². The van der Waals surface area contributed by atoms with E-state index in [-0.39, 0.29) is 29.1 Å². The van der Waals surface area contributed by atoms with Crippen molar-refractivity contribution in [1.29, 1.82) is 0 Å². The summed E-state index contributed by atoms with van der Waals surface area (Å²) in [7, 11) is 1.86. The second-order valence-corrected chi connectivity index (χ2v) is 9.03. The standard InChI is InChI=1S/C17H30N4OS/c1-12(14-18-7-8-23-14)11-21(6)15(22)19-13-9-16(2,3)20-17(4,5)10-13/h7-8,12-13,20H,9-11H2,1-6H3,(H,19,22). The molecule has 0 aromatic carbocycles. The highest BCUT2D eigenvalue weighted by atomic mass is 32.1. The van der Waals surface area contributed by atoms with Crippen LogP contribution >= 0.6 is 11.3 Å². The maximum Gasteiger partial charge on any atom is 0.317 e. The molecule has 1 fully saturated rings. The summed E-state index contributed by atoms with van der Waals surface area (Å²) in [5, 5.41) is 9.91. The number of thiazole rings is 1. The molecule has 130 valence electrons. The Balaban J connectivity index is 1.90.